The fourth-order valence-electron chi connectivity index (χ4n) is 1.83. The van der Waals surface area contributed by atoms with Gasteiger partial charge < -0.3 is 4.57 Å². The Morgan fingerprint density at radius 1 is 1.41 bits per heavy atom. The zero-order valence-electron chi connectivity index (χ0n) is 9.60. The quantitative estimate of drug-likeness (QED) is 0.783. The summed E-state index contributed by atoms with van der Waals surface area (Å²) >= 11 is 6.02. The van der Waals surface area contributed by atoms with Gasteiger partial charge in [-0.05, 0) is 18.9 Å². The molecular weight excluding hydrogens is 236 g/mol. The molecule has 0 atom stereocenters. The molecule has 0 aromatic carbocycles. The normalized spacial score (nSPS) is 15.2. The molecule has 0 spiro atoms. The van der Waals surface area contributed by atoms with Crippen molar-refractivity contribution in [3.8, 4) is 0 Å². The van der Waals surface area contributed by atoms with Gasteiger partial charge in [-0.3, -0.25) is 0 Å². The minimum absolute atomic E-state index is 0.522. The molecular formula is C12H13ClN4. The van der Waals surface area contributed by atoms with E-state index in [0.717, 1.165) is 17.3 Å². The molecule has 4 nitrogen and oxygen atoms in total. The average molecular weight is 249 g/mol. The molecule has 2 aromatic heterocycles. The van der Waals surface area contributed by atoms with Gasteiger partial charge in [0, 0.05) is 31.8 Å². The van der Waals surface area contributed by atoms with Crippen molar-refractivity contribution in [3.05, 3.63) is 41.0 Å². The van der Waals surface area contributed by atoms with Gasteiger partial charge in [0.25, 0.3) is 0 Å². The van der Waals surface area contributed by atoms with E-state index in [0.29, 0.717) is 17.5 Å². The van der Waals surface area contributed by atoms with Crippen LogP contribution in [0.2, 0.25) is 5.15 Å². The van der Waals surface area contributed by atoms with Gasteiger partial charge in [-0.1, -0.05) is 11.6 Å². The summed E-state index contributed by atoms with van der Waals surface area (Å²) in [7, 11) is 1.98. The van der Waals surface area contributed by atoms with E-state index in [-0.39, 0.29) is 0 Å². The van der Waals surface area contributed by atoms with Crippen LogP contribution in [0.25, 0.3) is 0 Å². The van der Waals surface area contributed by atoms with Gasteiger partial charge in [0.2, 0.25) is 0 Å². The molecule has 0 bridgehead atoms. The molecule has 1 fully saturated rings. The van der Waals surface area contributed by atoms with E-state index in [1.807, 2.05) is 23.9 Å². The molecule has 0 amide bonds. The van der Waals surface area contributed by atoms with Crippen molar-refractivity contribution in [2.45, 2.75) is 25.2 Å². The van der Waals surface area contributed by atoms with E-state index in [9.17, 15) is 0 Å². The fourth-order valence-corrected chi connectivity index (χ4v) is 2.04. The van der Waals surface area contributed by atoms with E-state index < -0.39 is 0 Å². The summed E-state index contributed by atoms with van der Waals surface area (Å²) in [4.78, 5) is 13.1. The molecule has 0 aliphatic heterocycles. The second-order valence-electron chi connectivity index (χ2n) is 4.45. The van der Waals surface area contributed by atoms with Crippen LogP contribution in [0.5, 0.6) is 0 Å². The summed E-state index contributed by atoms with van der Waals surface area (Å²) in [6.45, 7) is 0. The van der Waals surface area contributed by atoms with Crippen LogP contribution in [0.4, 0.5) is 0 Å². The summed E-state index contributed by atoms with van der Waals surface area (Å²) in [6, 6.07) is 1.82. The molecule has 1 aliphatic rings. The summed E-state index contributed by atoms with van der Waals surface area (Å²) in [5, 5.41) is 0.533. The number of imidazole rings is 1. The van der Waals surface area contributed by atoms with Crippen LogP contribution in [0.3, 0.4) is 0 Å². The number of hydrogen-bond acceptors (Lipinski definition) is 3. The van der Waals surface area contributed by atoms with Crippen molar-refractivity contribution in [1.82, 2.24) is 19.5 Å². The van der Waals surface area contributed by atoms with Gasteiger partial charge in [0.1, 0.15) is 16.8 Å². The fraction of sp³-hybridized carbons (Fsp3) is 0.417. The first kappa shape index (κ1) is 10.7. The molecule has 0 unspecified atom stereocenters. The summed E-state index contributed by atoms with van der Waals surface area (Å²) in [6.07, 6.45) is 6.79. The van der Waals surface area contributed by atoms with Gasteiger partial charge in [0.05, 0.1) is 5.69 Å². The molecule has 5 heteroatoms. The Balaban J connectivity index is 1.89. The highest BCUT2D eigenvalue weighted by Gasteiger charge is 2.27. The van der Waals surface area contributed by atoms with E-state index in [2.05, 4.69) is 15.0 Å². The second kappa shape index (κ2) is 4.11. The van der Waals surface area contributed by atoms with Crippen LogP contribution in [0.15, 0.2) is 18.5 Å². The van der Waals surface area contributed by atoms with E-state index >= 15 is 0 Å². The SMILES string of the molecule is Cn1ccnc1Cc1cc(Cl)nc(C2CC2)n1. The lowest BCUT2D eigenvalue weighted by molar-refractivity contribution is 0.797. The number of halogens is 1. The van der Waals surface area contributed by atoms with Gasteiger partial charge in [-0.2, -0.15) is 0 Å². The zero-order chi connectivity index (χ0) is 11.8. The highest BCUT2D eigenvalue weighted by atomic mass is 35.5. The Morgan fingerprint density at radius 3 is 2.88 bits per heavy atom. The van der Waals surface area contributed by atoms with Crippen LogP contribution in [-0.2, 0) is 13.5 Å². The molecule has 88 valence electrons. The first-order chi connectivity index (χ1) is 8.22. The Kier molecular flexibility index (Phi) is 2.59. The maximum absolute atomic E-state index is 6.02. The van der Waals surface area contributed by atoms with Gasteiger partial charge in [0.15, 0.2) is 0 Å². The number of nitrogens with zero attached hydrogens (tertiary/aromatic N) is 4. The number of rotatable bonds is 3. The highest BCUT2D eigenvalue weighted by Crippen LogP contribution is 2.38. The monoisotopic (exact) mass is 248 g/mol. The molecule has 0 saturated heterocycles. The van der Waals surface area contributed by atoms with Crippen molar-refractivity contribution in [3.63, 3.8) is 0 Å². The number of aromatic nitrogens is 4. The minimum Gasteiger partial charge on any atom is -0.338 e. The van der Waals surface area contributed by atoms with Gasteiger partial charge >= 0.3 is 0 Å². The van der Waals surface area contributed by atoms with E-state index in [4.69, 9.17) is 11.6 Å². The molecule has 1 aliphatic carbocycles. The topological polar surface area (TPSA) is 43.6 Å². The largest absolute Gasteiger partial charge is 0.338 e. The maximum atomic E-state index is 6.02. The van der Waals surface area contributed by atoms with Crippen molar-refractivity contribution in [2.75, 3.05) is 0 Å². The third-order valence-corrected chi connectivity index (χ3v) is 3.16. The standard InChI is InChI=1S/C12H13ClN4/c1-17-5-4-14-11(17)7-9-6-10(13)16-12(15-9)8-2-3-8/h4-6,8H,2-3,7H2,1H3. The van der Waals surface area contributed by atoms with Crippen LogP contribution < -0.4 is 0 Å². The molecule has 0 N–H and O–H groups in total. The Morgan fingerprint density at radius 2 is 2.24 bits per heavy atom. The van der Waals surface area contributed by atoms with Gasteiger partial charge in [-0.25, -0.2) is 15.0 Å². The van der Waals surface area contributed by atoms with Crippen LogP contribution in [0, 0.1) is 0 Å². The zero-order valence-corrected chi connectivity index (χ0v) is 10.4. The molecule has 0 radical (unpaired) electrons. The minimum atomic E-state index is 0.522. The van der Waals surface area contributed by atoms with E-state index in [1.54, 1.807) is 6.20 Å². The summed E-state index contributed by atoms with van der Waals surface area (Å²) in [5.41, 5.74) is 0.946. The van der Waals surface area contributed by atoms with Crippen LogP contribution >= 0.6 is 11.6 Å². The van der Waals surface area contributed by atoms with E-state index in [1.165, 1.54) is 12.8 Å². The smallest absolute Gasteiger partial charge is 0.133 e. The first-order valence-corrected chi connectivity index (χ1v) is 6.10. The Labute approximate surface area is 105 Å². The number of hydrogen-bond donors (Lipinski definition) is 0. The van der Waals surface area contributed by atoms with Crippen molar-refractivity contribution < 1.29 is 0 Å². The lowest BCUT2D eigenvalue weighted by Crippen LogP contribution is -2.03. The number of aryl methyl sites for hydroxylation is 1. The van der Waals surface area contributed by atoms with Crippen LogP contribution in [0.1, 0.15) is 36.1 Å². The molecule has 2 heterocycles. The first-order valence-electron chi connectivity index (χ1n) is 5.72. The van der Waals surface area contributed by atoms with Crippen molar-refractivity contribution >= 4 is 11.6 Å². The maximum Gasteiger partial charge on any atom is 0.133 e. The third kappa shape index (κ3) is 2.31. The Bertz CT molecular complexity index is 545. The second-order valence-corrected chi connectivity index (χ2v) is 4.83. The predicted octanol–water partition coefficient (Wildman–Crippen LogP) is 2.33. The lowest BCUT2D eigenvalue weighted by Gasteiger charge is -2.04. The van der Waals surface area contributed by atoms with Crippen LogP contribution in [-0.4, -0.2) is 19.5 Å². The summed E-state index contributed by atoms with van der Waals surface area (Å²) in [5.74, 6) is 2.40. The third-order valence-electron chi connectivity index (χ3n) is 2.97. The van der Waals surface area contributed by atoms with Crippen molar-refractivity contribution in [2.24, 2.45) is 7.05 Å². The average Bonchev–Trinajstić information content (AvgIpc) is 3.05. The molecule has 17 heavy (non-hydrogen) atoms. The summed E-state index contributed by atoms with van der Waals surface area (Å²) < 4.78 is 1.99. The molecule has 1 saturated carbocycles. The molecule has 3 rings (SSSR count). The lowest BCUT2D eigenvalue weighted by atomic mass is 10.2. The predicted molar refractivity (Wildman–Crippen MR) is 65.0 cm³/mol. The Hall–Kier alpha value is -1.42. The molecule has 2 aromatic rings. The van der Waals surface area contributed by atoms with Gasteiger partial charge in [-0.15, -0.1) is 0 Å². The van der Waals surface area contributed by atoms with Crippen molar-refractivity contribution in [1.29, 1.82) is 0 Å². The highest BCUT2D eigenvalue weighted by molar-refractivity contribution is 6.29.